The van der Waals surface area contributed by atoms with Gasteiger partial charge in [-0.1, -0.05) is 12.1 Å². The number of H-pyrrole nitrogens is 1. The molecular weight excluding hydrogens is 249 g/mol. The van der Waals surface area contributed by atoms with Crippen molar-refractivity contribution >= 4 is 5.69 Å². The van der Waals surface area contributed by atoms with Crippen LogP contribution in [0.5, 0.6) is 0 Å². The highest BCUT2D eigenvalue weighted by Gasteiger charge is 2.31. The van der Waals surface area contributed by atoms with Gasteiger partial charge in [0.2, 0.25) is 0 Å². The summed E-state index contributed by atoms with van der Waals surface area (Å²) in [4.78, 5) is 12.4. The van der Waals surface area contributed by atoms with Crippen molar-refractivity contribution in [2.45, 2.75) is 6.18 Å². The maximum atomic E-state index is 12.4. The highest BCUT2D eigenvalue weighted by Crippen LogP contribution is 2.32. The minimum atomic E-state index is -4.44. The van der Waals surface area contributed by atoms with Crippen LogP contribution in [0, 0.1) is 10.1 Å². The summed E-state index contributed by atoms with van der Waals surface area (Å²) in [5.74, 6) is 0. The molecule has 1 heterocycles. The van der Waals surface area contributed by atoms with Crippen molar-refractivity contribution in [3.05, 3.63) is 52.2 Å². The lowest BCUT2D eigenvalue weighted by Gasteiger charge is -2.01. The van der Waals surface area contributed by atoms with Crippen molar-refractivity contribution in [1.29, 1.82) is 0 Å². The van der Waals surface area contributed by atoms with E-state index in [0.29, 0.717) is 5.56 Å². The van der Waals surface area contributed by atoms with E-state index in [2.05, 4.69) is 4.98 Å². The zero-order chi connectivity index (χ0) is 13.3. The van der Waals surface area contributed by atoms with Crippen LogP contribution in [-0.2, 0) is 6.18 Å². The summed E-state index contributed by atoms with van der Waals surface area (Å²) < 4.78 is 37.2. The molecule has 1 aromatic carbocycles. The summed E-state index contributed by atoms with van der Waals surface area (Å²) in [7, 11) is 0. The third kappa shape index (κ3) is 2.34. The van der Waals surface area contributed by atoms with E-state index < -0.39 is 16.7 Å². The molecule has 2 aromatic rings. The predicted molar refractivity (Wildman–Crippen MR) is 57.9 cm³/mol. The normalized spacial score (nSPS) is 11.5. The number of aromatic amines is 1. The Morgan fingerprint density at radius 3 is 2.50 bits per heavy atom. The minimum Gasteiger partial charge on any atom is -0.361 e. The number of hydrogen-bond donors (Lipinski definition) is 1. The molecule has 0 spiro atoms. The van der Waals surface area contributed by atoms with Crippen LogP contribution in [0.4, 0.5) is 18.9 Å². The molecule has 0 bridgehead atoms. The van der Waals surface area contributed by atoms with Crippen LogP contribution in [0.2, 0.25) is 0 Å². The van der Waals surface area contributed by atoms with E-state index in [-0.39, 0.29) is 11.4 Å². The third-order valence-corrected chi connectivity index (χ3v) is 2.38. The Morgan fingerprint density at radius 2 is 1.94 bits per heavy atom. The summed E-state index contributed by atoms with van der Waals surface area (Å²) in [6.45, 7) is 0. The topological polar surface area (TPSA) is 58.9 Å². The molecule has 94 valence electrons. The number of halogens is 3. The number of benzene rings is 1. The molecule has 18 heavy (non-hydrogen) atoms. The van der Waals surface area contributed by atoms with Gasteiger partial charge < -0.3 is 4.98 Å². The van der Waals surface area contributed by atoms with Gasteiger partial charge in [-0.25, -0.2) is 0 Å². The molecule has 0 aliphatic heterocycles. The molecule has 0 aliphatic rings. The quantitative estimate of drug-likeness (QED) is 0.659. The van der Waals surface area contributed by atoms with Crippen molar-refractivity contribution in [2.24, 2.45) is 0 Å². The molecule has 1 N–H and O–H groups in total. The van der Waals surface area contributed by atoms with Crippen LogP contribution in [0.3, 0.4) is 0 Å². The molecule has 0 fully saturated rings. The van der Waals surface area contributed by atoms with Gasteiger partial charge in [-0.3, -0.25) is 10.1 Å². The lowest BCUT2D eigenvalue weighted by molar-refractivity contribution is -0.384. The molecule has 0 atom stereocenters. The third-order valence-electron chi connectivity index (χ3n) is 2.38. The Bertz CT molecular complexity index is 590. The van der Waals surface area contributed by atoms with E-state index in [1.165, 1.54) is 24.3 Å². The Morgan fingerprint density at radius 1 is 1.22 bits per heavy atom. The second-order valence-corrected chi connectivity index (χ2v) is 3.61. The average Bonchev–Trinajstić information content (AvgIpc) is 2.78. The van der Waals surface area contributed by atoms with E-state index in [1.807, 2.05) is 0 Å². The first-order valence-electron chi connectivity index (χ1n) is 4.88. The molecular formula is C11H7F3N2O2. The van der Waals surface area contributed by atoms with Gasteiger partial charge >= 0.3 is 6.18 Å². The summed E-state index contributed by atoms with van der Waals surface area (Å²) in [6, 6.07) is 6.32. The van der Waals surface area contributed by atoms with Gasteiger partial charge in [0.1, 0.15) is 0 Å². The first kappa shape index (κ1) is 12.2. The van der Waals surface area contributed by atoms with Gasteiger partial charge in [-0.05, 0) is 6.07 Å². The highest BCUT2D eigenvalue weighted by molar-refractivity contribution is 5.63. The monoisotopic (exact) mass is 256 g/mol. The first-order chi connectivity index (χ1) is 8.38. The molecule has 0 saturated heterocycles. The Balaban J connectivity index is 2.40. The fraction of sp³-hybridized carbons (Fsp3) is 0.0909. The number of nitrogens with zero attached hydrogens (tertiary/aromatic N) is 1. The number of nitrogens with one attached hydrogen (secondary N) is 1. The number of nitro benzene ring substituents is 1. The number of rotatable bonds is 2. The van der Waals surface area contributed by atoms with Crippen LogP contribution in [-0.4, -0.2) is 9.91 Å². The van der Waals surface area contributed by atoms with E-state index in [9.17, 15) is 23.3 Å². The molecule has 0 amide bonds. The van der Waals surface area contributed by atoms with Crippen LogP contribution in [0.25, 0.3) is 11.3 Å². The first-order valence-corrected chi connectivity index (χ1v) is 4.88. The van der Waals surface area contributed by atoms with Gasteiger partial charge in [0.25, 0.3) is 5.69 Å². The van der Waals surface area contributed by atoms with Gasteiger partial charge in [0.05, 0.1) is 10.5 Å². The zero-order valence-corrected chi connectivity index (χ0v) is 8.86. The zero-order valence-electron chi connectivity index (χ0n) is 8.86. The summed E-state index contributed by atoms with van der Waals surface area (Å²) in [6.07, 6.45) is -3.61. The SMILES string of the molecule is O=[N+]([O-])c1cccc(-c2cc(C(F)(F)F)c[nH]2)c1. The molecule has 7 heteroatoms. The van der Waals surface area contributed by atoms with Gasteiger partial charge in [-0.2, -0.15) is 13.2 Å². The van der Waals surface area contributed by atoms with Crippen LogP contribution >= 0.6 is 0 Å². The van der Waals surface area contributed by atoms with Crippen molar-refractivity contribution in [2.75, 3.05) is 0 Å². The largest absolute Gasteiger partial charge is 0.417 e. The van der Waals surface area contributed by atoms with Crippen molar-refractivity contribution in [1.82, 2.24) is 4.98 Å². The molecule has 0 unspecified atom stereocenters. The molecule has 0 aliphatic carbocycles. The fourth-order valence-corrected chi connectivity index (χ4v) is 1.51. The number of alkyl halides is 3. The molecule has 4 nitrogen and oxygen atoms in total. The summed E-state index contributed by atoms with van der Waals surface area (Å²) >= 11 is 0. The van der Waals surface area contributed by atoms with E-state index in [0.717, 1.165) is 12.3 Å². The van der Waals surface area contributed by atoms with E-state index in [4.69, 9.17) is 0 Å². The fourth-order valence-electron chi connectivity index (χ4n) is 1.51. The number of non-ortho nitro benzene ring substituents is 1. The smallest absolute Gasteiger partial charge is 0.361 e. The lowest BCUT2D eigenvalue weighted by Crippen LogP contribution is -2.02. The van der Waals surface area contributed by atoms with E-state index in [1.54, 1.807) is 0 Å². The Kier molecular flexibility index (Phi) is 2.82. The Hall–Kier alpha value is -2.31. The second kappa shape index (κ2) is 4.17. The van der Waals surface area contributed by atoms with Gasteiger partial charge in [-0.15, -0.1) is 0 Å². The second-order valence-electron chi connectivity index (χ2n) is 3.61. The molecule has 0 saturated carbocycles. The lowest BCUT2D eigenvalue weighted by atomic mass is 10.1. The summed E-state index contributed by atoms with van der Waals surface area (Å²) in [5, 5.41) is 10.6. The van der Waals surface area contributed by atoms with Gasteiger partial charge in [0.15, 0.2) is 0 Å². The number of aromatic nitrogens is 1. The van der Waals surface area contributed by atoms with Crippen molar-refractivity contribution < 1.29 is 18.1 Å². The number of hydrogen-bond acceptors (Lipinski definition) is 2. The molecule has 0 radical (unpaired) electrons. The molecule has 1 aromatic heterocycles. The van der Waals surface area contributed by atoms with Crippen LogP contribution in [0.15, 0.2) is 36.5 Å². The summed E-state index contributed by atoms with van der Waals surface area (Å²) in [5.41, 5.74) is -0.467. The number of nitro groups is 1. The van der Waals surface area contributed by atoms with E-state index >= 15 is 0 Å². The maximum Gasteiger partial charge on any atom is 0.417 e. The van der Waals surface area contributed by atoms with Crippen LogP contribution < -0.4 is 0 Å². The molecule has 2 rings (SSSR count). The average molecular weight is 256 g/mol. The standard InChI is InChI=1S/C11H7F3N2O2/c12-11(13,14)8-5-10(15-6-8)7-2-1-3-9(4-7)16(17)18/h1-6,15H. The van der Waals surface area contributed by atoms with Crippen molar-refractivity contribution in [3.63, 3.8) is 0 Å². The van der Waals surface area contributed by atoms with Crippen molar-refractivity contribution in [3.8, 4) is 11.3 Å². The highest BCUT2D eigenvalue weighted by atomic mass is 19.4. The van der Waals surface area contributed by atoms with Gasteiger partial charge in [0, 0.05) is 29.6 Å². The maximum absolute atomic E-state index is 12.4. The van der Waals surface area contributed by atoms with Crippen LogP contribution in [0.1, 0.15) is 5.56 Å². The predicted octanol–water partition coefficient (Wildman–Crippen LogP) is 3.61. The Labute approximate surface area is 99.2 Å². The minimum absolute atomic E-state index is 0.171.